The highest BCUT2D eigenvalue weighted by Crippen LogP contribution is 2.25. The number of alkyl halides is 3. The van der Waals surface area contributed by atoms with Crippen LogP contribution in [0.2, 0.25) is 0 Å². The summed E-state index contributed by atoms with van der Waals surface area (Å²) in [5.74, 6) is -0.424. The molecule has 0 spiro atoms. The van der Waals surface area contributed by atoms with E-state index in [0.29, 0.717) is 11.6 Å². The Hall–Kier alpha value is -2.37. The van der Waals surface area contributed by atoms with E-state index in [1.165, 1.54) is 6.20 Å². The lowest BCUT2D eigenvalue weighted by atomic mass is 10.1. The maximum Gasteiger partial charge on any atom is 0.421 e. The highest BCUT2D eigenvalue weighted by Gasteiger charge is 2.34. The van der Waals surface area contributed by atoms with Gasteiger partial charge in [0, 0.05) is 11.8 Å². The van der Waals surface area contributed by atoms with Crippen molar-refractivity contribution in [3.8, 4) is 0 Å². The number of halogens is 3. The van der Waals surface area contributed by atoms with Crippen molar-refractivity contribution in [2.45, 2.75) is 12.7 Å². The molecular weight excluding hydrogens is 271 g/mol. The van der Waals surface area contributed by atoms with E-state index in [9.17, 15) is 22.8 Å². The molecule has 2 rings (SSSR count). The number of pyridine rings is 1. The lowest BCUT2D eigenvalue weighted by molar-refractivity contribution is -0.138. The zero-order valence-electron chi connectivity index (χ0n) is 10.2. The third-order valence-electron chi connectivity index (χ3n) is 2.74. The maximum atomic E-state index is 12.6. The van der Waals surface area contributed by atoms with E-state index < -0.39 is 29.6 Å². The van der Waals surface area contributed by atoms with Crippen LogP contribution in [0.3, 0.4) is 0 Å². The van der Waals surface area contributed by atoms with Crippen LogP contribution in [-0.4, -0.2) is 10.4 Å². The van der Waals surface area contributed by atoms with E-state index >= 15 is 0 Å². The summed E-state index contributed by atoms with van der Waals surface area (Å²) in [6.07, 6.45) is -3.56. The fourth-order valence-electron chi connectivity index (χ4n) is 1.75. The van der Waals surface area contributed by atoms with E-state index in [1.807, 2.05) is 0 Å². The average molecular weight is 281 g/mol. The summed E-state index contributed by atoms with van der Waals surface area (Å²) < 4.78 is 38.5. The van der Waals surface area contributed by atoms with E-state index in [-0.39, 0.29) is 0 Å². The average Bonchev–Trinajstić information content (AvgIpc) is 2.40. The number of rotatable bonds is 3. The van der Waals surface area contributed by atoms with E-state index in [1.54, 1.807) is 30.3 Å². The molecule has 0 bridgehead atoms. The molecule has 20 heavy (non-hydrogen) atoms. The SMILES string of the molecule is O=C(Cn1cccc(C(F)(F)F)c1=O)c1ccccc1. The number of carbonyl (C=O) groups excluding carboxylic acids is 1. The lowest BCUT2D eigenvalue weighted by Gasteiger charge is -2.09. The minimum atomic E-state index is -4.73. The standard InChI is InChI=1S/C14H10F3NO2/c15-14(16,17)11-7-4-8-18(13(11)20)9-12(19)10-5-2-1-3-6-10/h1-8H,9H2. The Kier molecular flexibility index (Phi) is 3.74. The van der Waals surface area contributed by atoms with Gasteiger partial charge in [-0.2, -0.15) is 13.2 Å². The van der Waals surface area contributed by atoms with Gasteiger partial charge in [0.2, 0.25) is 0 Å². The van der Waals surface area contributed by atoms with Gasteiger partial charge in [-0.05, 0) is 12.1 Å². The predicted molar refractivity (Wildman–Crippen MR) is 66.5 cm³/mol. The van der Waals surface area contributed by atoms with Crippen molar-refractivity contribution in [2.24, 2.45) is 0 Å². The Morgan fingerprint density at radius 3 is 2.30 bits per heavy atom. The third kappa shape index (κ3) is 2.96. The zero-order valence-corrected chi connectivity index (χ0v) is 10.2. The van der Waals surface area contributed by atoms with Crippen molar-refractivity contribution in [3.05, 3.63) is 70.1 Å². The van der Waals surface area contributed by atoms with E-state index in [2.05, 4.69) is 0 Å². The Bertz CT molecular complexity index is 675. The highest BCUT2D eigenvalue weighted by atomic mass is 19.4. The van der Waals surface area contributed by atoms with Crippen LogP contribution in [0.4, 0.5) is 13.2 Å². The normalized spacial score (nSPS) is 11.3. The lowest BCUT2D eigenvalue weighted by Crippen LogP contribution is -2.30. The second kappa shape index (κ2) is 5.32. The van der Waals surface area contributed by atoms with Gasteiger partial charge in [-0.1, -0.05) is 30.3 Å². The minimum absolute atomic E-state index is 0.344. The zero-order chi connectivity index (χ0) is 14.8. The second-order valence-corrected chi connectivity index (χ2v) is 4.14. The Labute approximate surface area is 112 Å². The van der Waals surface area contributed by atoms with Gasteiger partial charge in [-0.15, -0.1) is 0 Å². The van der Waals surface area contributed by atoms with Gasteiger partial charge >= 0.3 is 6.18 Å². The summed E-state index contributed by atoms with van der Waals surface area (Å²) in [5, 5.41) is 0. The Morgan fingerprint density at radius 1 is 1.05 bits per heavy atom. The van der Waals surface area contributed by atoms with Crippen LogP contribution in [0.25, 0.3) is 0 Å². The molecule has 0 aliphatic rings. The molecule has 0 aliphatic heterocycles. The fourth-order valence-corrected chi connectivity index (χ4v) is 1.75. The van der Waals surface area contributed by atoms with Gasteiger partial charge in [-0.3, -0.25) is 9.59 Å². The minimum Gasteiger partial charge on any atom is -0.307 e. The summed E-state index contributed by atoms with van der Waals surface area (Å²) in [4.78, 5) is 23.6. The first-order valence-electron chi connectivity index (χ1n) is 5.74. The molecule has 1 heterocycles. The number of hydrogen-bond donors (Lipinski definition) is 0. The summed E-state index contributed by atoms with van der Waals surface area (Å²) in [7, 11) is 0. The molecule has 104 valence electrons. The van der Waals surface area contributed by atoms with Crippen molar-refractivity contribution in [1.29, 1.82) is 0 Å². The van der Waals surface area contributed by atoms with Crippen molar-refractivity contribution in [2.75, 3.05) is 0 Å². The molecule has 6 heteroatoms. The first kappa shape index (κ1) is 14.0. The number of aromatic nitrogens is 1. The molecule has 0 radical (unpaired) electrons. The quantitative estimate of drug-likeness (QED) is 0.811. The molecule has 0 amide bonds. The second-order valence-electron chi connectivity index (χ2n) is 4.14. The number of Topliss-reactive ketones (excluding diaryl/α,β-unsaturated/α-hetero) is 1. The van der Waals surface area contributed by atoms with Gasteiger partial charge in [0.1, 0.15) is 5.56 Å². The molecule has 0 unspecified atom stereocenters. The van der Waals surface area contributed by atoms with Gasteiger partial charge in [0.05, 0.1) is 6.54 Å². The molecule has 0 atom stereocenters. The molecule has 3 nitrogen and oxygen atoms in total. The van der Waals surface area contributed by atoms with Crippen LogP contribution >= 0.6 is 0 Å². The molecule has 0 saturated carbocycles. The molecule has 2 aromatic rings. The number of hydrogen-bond acceptors (Lipinski definition) is 2. The van der Waals surface area contributed by atoms with E-state index in [4.69, 9.17) is 0 Å². The number of ketones is 1. The van der Waals surface area contributed by atoms with Gasteiger partial charge < -0.3 is 4.57 Å². The maximum absolute atomic E-state index is 12.6. The summed E-state index contributed by atoms with van der Waals surface area (Å²) in [6, 6.07) is 9.88. The summed E-state index contributed by atoms with van der Waals surface area (Å²) >= 11 is 0. The van der Waals surface area contributed by atoms with Crippen LogP contribution in [-0.2, 0) is 12.7 Å². The van der Waals surface area contributed by atoms with Crippen LogP contribution in [0.15, 0.2) is 53.5 Å². The topological polar surface area (TPSA) is 39.1 Å². The Morgan fingerprint density at radius 2 is 1.70 bits per heavy atom. The molecule has 1 aromatic carbocycles. The summed E-state index contributed by atoms with van der Waals surface area (Å²) in [6.45, 7) is -0.424. The molecule has 0 fully saturated rings. The first-order chi connectivity index (χ1) is 9.39. The third-order valence-corrected chi connectivity index (χ3v) is 2.74. The highest BCUT2D eigenvalue weighted by molar-refractivity contribution is 5.95. The molecular formula is C14H10F3NO2. The van der Waals surface area contributed by atoms with Gasteiger partial charge in [0.15, 0.2) is 5.78 Å². The predicted octanol–water partition coefficient (Wildman–Crippen LogP) is 2.75. The van der Waals surface area contributed by atoms with Gasteiger partial charge in [-0.25, -0.2) is 0 Å². The molecule has 1 aromatic heterocycles. The summed E-state index contributed by atoms with van der Waals surface area (Å²) in [5.41, 5.74) is -2.15. The van der Waals surface area contributed by atoms with E-state index in [0.717, 1.165) is 10.6 Å². The molecule has 0 aliphatic carbocycles. The van der Waals surface area contributed by atoms with Crippen LogP contribution in [0, 0.1) is 0 Å². The van der Waals surface area contributed by atoms with Crippen molar-refractivity contribution >= 4 is 5.78 Å². The van der Waals surface area contributed by atoms with Crippen LogP contribution in [0.1, 0.15) is 15.9 Å². The fraction of sp³-hybridized carbons (Fsp3) is 0.143. The number of carbonyl (C=O) groups is 1. The number of nitrogens with zero attached hydrogens (tertiary/aromatic N) is 1. The smallest absolute Gasteiger partial charge is 0.307 e. The molecule has 0 N–H and O–H groups in total. The van der Waals surface area contributed by atoms with Crippen molar-refractivity contribution in [3.63, 3.8) is 0 Å². The Balaban J connectivity index is 2.32. The van der Waals surface area contributed by atoms with Crippen LogP contribution < -0.4 is 5.56 Å². The number of benzene rings is 1. The van der Waals surface area contributed by atoms with Gasteiger partial charge in [0.25, 0.3) is 5.56 Å². The molecule has 0 saturated heterocycles. The van der Waals surface area contributed by atoms with Crippen molar-refractivity contribution in [1.82, 2.24) is 4.57 Å². The van der Waals surface area contributed by atoms with Crippen LogP contribution in [0.5, 0.6) is 0 Å². The van der Waals surface area contributed by atoms with Crippen molar-refractivity contribution < 1.29 is 18.0 Å². The first-order valence-corrected chi connectivity index (χ1v) is 5.74. The largest absolute Gasteiger partial charge is 0.421 e. The monoisotopic (exact) mass is 281 g/mol.